The fourth-order valence-electron chi connectivity index (χ4n) is 2.87. The van der Waals surface area contributed by atoms with E-state index in [9.17, 15) is 4.79 Å². The van der Waals surface area contributed by atoms with Gasteiger partial charge in [0.05, 0.1) is 6.54 Å². The van der Waals surface area contributed by atoms with Crippen LogP contribution in [-0.4, -0.2) is 37.6 Å². The minimum atomic E-state index is 0. The molecular formula is C16H24BrClN2O2. The standard InChI is InChI=1S/C16H23BrN2O2.ClH/c1-19(16(20)15-4-2-3-12(15)11-18)9-10-21-14-7-5-13(17)6-8-14;/h5-8,12,15H,2-4,9-11,18H2,1H3;1H/t12-,15-;/m1./s1. The van der Waals surface area contributed by atoms with Crippen molar-refractivity contribution in [3.63, 3.8) is 0 Å². The SMILES string of the molecule is CN(CCOc1ccc(Br)cc1)C(=O)[C@@H]1CCC[C@@H]1CN.Cl. The van der Waals surface area contributed by atoms with Gasteiger partial charge in [0.15, 0.2) is 0 Å². The third kappa shape index (κ3) is 5.14. The van der Waals surface area contributed by atoms with Crippen LogP contribution in [0.15, 0.2) is 28.7 Å². The Hall–Kier alpha value is -0.780. The van der Waals surface area contributed by atoms with Crippen LogP contribution in [0.25, 0.3) is 0 Å². The maximum absolute atomic E-state index is 12.4. The number of ether oxygens (including phenoxy) is 1. The van der Waals surface area contributed by atoms with Gasteiger partial charge >= 0.3 is 0 Å². The highest BCUT2D eigenvalue weighted by atomic mass is 79.9. The first-order valence-electron chi connectivity index (χ1n) is 7.45. The quantitative estimate of drug-likeness (QED) is 0.811. The van der Waals surface area contributed by atoms with E-state index in [4.69, 9.17) is 10.5 Å². The van der Waals surface area contributed by atoms with Crippen molar-refractivity contribution in [2.45, 2.75) is 19.3 Å². The first-order valence-corrected chi connectivity index (χ1v) is 8.24. The Morgan fingerprint density at radius 3 is 2.68 bits per heavy atom. The van der Waals surface area contributed by atoms with Crippen LogP contribution in [0, 0.1) is 11.8 Å². The lowest BCUT2D eigenvalue weighted by Gasteiger charge is -2.24. The van der Waals surface area contributed by atoms with E-state index in [1.54, 1.807) is 4.90 Å². The van der Waals surface area contributed by atoms with Crippen molar-refractivity contribution in [3.8, 4) is 5.75 Å². The molecule has 1 aliphatic carbocycles. The molecular weight excluding hydrogens is 368 g/mol. The molecule has 1 aromatic carbocycles. The zero-order valence-electron chi connectivity index (χ0n) is 12.8. The first-order chi connectivity index (χ1) is 10.1. The number of likely N-dealkylation sites (N-methyl/N-ethyl adjacent to an activating group) is 1. The lowest BCUT2D eigenvalue weighted by atomic mass is 9.95. The Bertz CT molecular complexity index is 470. The number of nitrogens with two attached hydrogens (primary N) is 1. The molecule has 2 atom stereocenters. The summed E-state index contributed by atoms with van der Waals surface area (Å²) in [6, 6.07) is 7.70. The van der Waals surface area contributed by atoms with Gasteiger partial charge in [0.25, 0.3) is 0 Å². The zero-order valence-corrected chi connectivity index (χ0v) is 15.2. The number of halogens is 2. The summed E-state index contributed by atoms with van der Waals surface area (Å²) in [5.74, 6) is 1.49. The van der Waals surface area contributed by atoms with E-state index >= 15 is 0 Å². The second-order valence-corrected chi connectivity index (χ2v) is 6.51. The molecule has 0 spiro atoms. The molecule has 0 unspecified atom stereocenters. The van der Waals surface area contributed by atoms with Gasteiger partial charge in [-0.05, 0) is 49.6 Å². The topological polar surface area (TPSA) is 55.6 Å². The molecule has 124 valence electrons. The van der Waals surface area contributed by atoms with Gasteiger partial charge < -0.3 is 15.4 Å². The molecule has 0 saturated heterocycles. The molecule has 6 heteroatoms. The lowest BCUT2D eigenvalue weighted by molar-refractivity contribution is -0.135. The van der Waals surface area contributed by atoms with Crippen molar-refractivity contribution >= 4 is 34.2 Å². The number of benzene rings is 1. The van der Waals surface area contributed by atoms with Crippen molar-refractivity contribution in [1.82, 2.24) is 4.90 Å². The molecule has 4 nitrogen and oxygen atoms in total. The van der Waals surface area contributed by atoms with Gasteiger partial charge in [-0.1, -0.05) is 22.4 Å². The number of carbonyl (C=O) groups is 1. The van der Waals surface area contributed by atoms with Crippen molar-refractivity contribution in [3.05, 3.63) is 28.7 Å². The number of nitrogens with zero attached hydrogens (tertiary/aromatic N) is 1. The molecule has 0 bridgehead atoms. The summed E-state index contributed by atoms with van der Waals surface area (Å²) in [4.78, 5) is 14.2. The average Bonchev–Trinajstić information content (AvgIpc) is 2.96. The second-order valence-electron chi connectivity index (χ2n) is 5.60. The number of amides is 1. The van der Waals surface area contributed by atoms with Gasteiger partial charge in [0.1, 0.15) is 12.4 Å². The molecule has 1 saturated carbocycles. The van der Waals surface area contributed by atoms with Crippen molar-refractivity contribution in [1.29, 1.82) is 0 Å². The number of rotatable bonds is 6. The molecule has 0 aliphatic heterocycles. The second kappa shape index (κ2) is 9.38. The summed E-state index contributed by atoms with van der Waals surface area (Å²) < 4.78 is 6.68. The molecule has 1 amide bonds. The van der Waals surface area contributed by atoms with E-state index in [0.29, 0.717) is 25.6 Å². The molecule has 1 aromatic rings. The van der Waals surface area contributed by atoms with Crippen LogP contribution >= 0.6 is 28.3 Å². The van der Waals surface area contributed by atoms with Crippen molar-refractivity contribution in [2.75, 3.05) is 26.7 Å². The Balaban J connectivity index is 0.00000242. The summed E-state index contributed by atoms with van der Waals surface area (Å²) in [6.45, 7) is 1.71. The van der Waals surface area contributed by atoms with Crippen LogP contribution < -0.4 is 10.5 Å². The smallest absolute Gasteiger partial charge is 0.225 e. The van der Waals surface area contributed by atoms with Crippen LogP contribution in [0.2, 0.25) is 0 Å². The summed E-state index contributed by atoms with van der Waals surface area (Å²) >= 11 is 3.39. The fraction of sp³-hybridized carbons (Fsp3) is 0.562. The fourth-order valence-corrected chi connectivity index (χ4v) is 3.13. The molecule has 2 rings (SSSR count). The summed E-state index contributed by atoms with van der Waals surface area (Å²) in [6.07, 6.45) is 3.16. The molecule has 0 heterocycles. The minimum Gasteiger partial charge on any atom is -0.492 e. The minimum absolute atomic E-state index is 0. The van der Waals surface area contributed by atoms with Gasteiger partial charge in [-0.2, -0.15) is 0 Å². The first kappa shape index (κ1) is 19.3. The highest BCUT2D eigenvalue weighted by Crippen LogP contribution is 2.32. The highest BCUT2D eigenvalue weighted by molar-refractivity contribution is 9.10. The molecule has 0 radical (unpaired) electrons. The Kier molecular flexibility index (Phi) is 8.21. The van der Waals surface area contributed by atoms with E-state index in [-0.39, 0.29) is 24.2 Å². The molecule has 22 heavy (non-hydrogen) atoms. The molecule has 0 aromatic heterocycles. The van der Waals surface area contributed by atoms with Gasteiger partial charge in [-0.3, -0.25) is 4.79 Å². The van der Waals surface area contributed by atoms with Gasteiger partial charge in [-0.25, -0.2) is 0 Å². The Labute approximate surface area is 146 Å². The number of hydrogen-bond acceptors (Lipinski definition) is 3. The van der Waals surface area contributed by atoms with Gasteiger partial charge in [-0.15, -0.1) is 12.4 Å². The van der Waals surface area contributed by atoms with Gasteiger partial charge in [0, 0.05) is 17.4 Å². The maximum Gasteiger partial charge on any atom is 0.225 e. The zero-order chi connectivity index (χ0) is 15.2. The Morgan fingerprint density at radius 1 is 1.36 bits per heavy atom. The van der Waals surface area contributed by atoms with Crippen LogP contribution in [0.4, 0.5) is 0 Å². The van der Waals surface area contributed by atoms with Crippen molar-refractivity contribution < 1.29 is 9.53 Å². The number of carbonyl (C=O) groups excluding carboxylic acids is 1. The van der Waals surface area contributed by atoms with Crippen molar-refractivity contribution in [2.24, 2.45) is 17.6 Å². The van der Waals surface area contributed by atoms with E-state index in [0.717, 1.165) is 29.5 Å². The van der Waals surface area contributed by atoms with Crippen LogP contribution in [0.3, 0.4) is 0 Å². The van der Waals surface area contributed by atoms with Crippen LogP contribution in [-0.2, 0) is 4.79 Å². The Morgan fingerprint density at radius 2 is 2.05 bits per heavy atom. The predicted molar refractivity (Wildman–Crippen MR) is 94.4 cm³/mol. The number of hydrogen-bond donors (Lipinski definition) is 1. The van der Waals surface area contributed by atoms with E-state index in [1.807, 2.05) is 31.3 Å². The van der Waals surface area contributed by atoms with E-state index < -0.39 is 0 Å². The summed E-state index contributed by atoms with van der Waals surface area (Å²) in [7, 11) is 1.85. The average molecular weight is 392 g/mol. The highest BCUT2D eigenvalue weighted by Gasteiger charge is 2.33. The monoisotopic (exact) mass is 390 g/mol. The van der Waals surface area contributed by atoms with E-state index in [1.165, 1.54) is 0 Å². The summed E-state index contributed by atoms with van der Waals surface area (Å²) in [5.41, 5.74) is 5.75. The third-order valence-corrected chi connectivity index (χ3v) is 4.69. The lowest BCUT2D eigenvalue weighted by Crippen LogP contribution is -2.38. The molecule has 2 N–H and O–H groups in total. The third-order valence-electron chi connectivity index (χ3n) is 4.16. The molecule has 1 fully saturated rings. The normalized spacial score (nSPS) is 20.3. The van der Waals surface area contributed by atoms with E-state index in [2.05, 4.69) is 15.9 Å². The summed E-state index contributed by atoms with van der Waals surface area (Å²) in [5, 5.41) is 0. The molecule has 1 aliphatic rings. The van der Waals surface area contributed by atoms with Crippen LogP contribution in [0.5, 0.6) is 5.75 Å². The van der Waals surface area contributed by atoms with Crippen LogP contribution in [0.1, 0.15) is 19.3 Å². The predicted octanol–water partition coefficient (Wildman–Crippen LogP) is 3.08. The maximum atomic E-state index is 12.4. The van der Waals surface area contributed by atoms with Gasteiger partial charge in [0.2, 0.25) is 5.91 Å². The largest absolute Gasteiger partial charge is 0.492 e.